The molecular weight excluding hydrogens is 331 g/mol. The Kier molecular flexibility index (Phi) is 4.01. The Morgan fingerprint density at radius 2 is 2.09 bits per heavy atom. The first-order valence-electron chi connectivity index (χ1n) is 6.92. The zero-order valence-corrected chi connectivity index (χ0v) is 13.0. The zero-order chi connectivity index (χ0) is 16.6. The van der Waals surface area contributed by atoms with E-state index in [9.17, 15) is 13.2 Å². The molecule has 5 nitrogen and oxygen atoms in total. The number of halogens is 4. The van der Waals surface area contributed by atoms with Crippen LogP contribution in [0.25, 0.3) is 0 Å². The fraction of sp³-hybridized carbons (Fsp3) is 0.357. The zero-order valence-electron chi connectivity index (χ0n) is 12.3. The van der Waals surface area contributed by atoms with Crippen molar-refractivity contribution in [2.45, 2.75) is 11.7 Å². The second kappa shape index (κ2) is 5.84. The smallest absolute Gasteiger partial charge is 0.343 e. The molecule has 0 saturated heterocycles. The van der Waals surface area contributed by atoms with E-state index < -0.39 is 17.4 Å². The van der Waals surface area contributed by atoms with Crippen molar-refractivity contribution < 1.29 is 13.2 Å². The van der Waals surface area contributed by atoms with Crippen molar-refractivity contribution in [3.8, 4) is 0 Å². The molecule has 0 saturated carbocycles. The van der Waals surface area contributed by atoms with Crippen LogP contribution in [0.4, 0.5) is 13.2 Å². The van der Waals surface area contributed by atoms with Crippen LogP contribution in [-0.2, 0) is 0 Å². The highest BCUT2D eigenvalue weighted by atomic mass is 35.5. The maximum atomic E-state index is 13.5. The van der Waals surface area contributed by atoms with Crippen LogP contribution in [0, 0.1) is 0 Å². The average Bonchev–Trinajstić information content (AvgIpc) is 2.93. The number of allylic oxidation sites excluding steroid dienone is 4. The van der Waals surface area contributed by atoms with E-state index in [1.54, 1.807) is 47.4 Å². The number of hydrogen-bond donors (Lipinski definition) is 0. The fourth-order valence-electron chi connectivity index (χ4n) is 2.44. The highest BCUT2D eigenvalue weighted by Gasteiger charge is 2.42. The quantitative estimate of drug-likeness (QED) is 0.567. The monoisotopic (exact) mass is 345 g/mol. The summed E-state index contributed by atoms with van der Waals surface area (Å²) >= 11 is 6.14. The molecule has 124 valence electrons. The Balaban J connectivity index is 1.88. The van der Waals surface area contributed by atoms with Crippen molar-refractivity contribution in [1.82, 2.24) is 19.9 Å². The molecule has 9 heteroatoms. The molecular formula is C14H15ClF3N5. The van der Waals surface area contributed by atoms with Crippen molar-refractivity contribution in [1.29, 1.82) is 0 Å². The summed E-state index contributed by atoms with van der Waals surface area (Å²) in [5.74, 6) is 0. The van der Waals surface area contributed by atoms with E-state index in [-0.39, 0.29) is 13.2 Å². The van der Waals surface area contributed by atoms with E-state index in [4.69, 9.17) is 11.6 Å². The third kappa shape index (κ3) is 3.17. The summed E-state index contributed by atoms with van der Waals surface area (Å²) in [7, 11) is 1.74. The molecule has 3 rings (SSSR count). The Morgan fingerprint density at radius 1 is 1.30 bits per heavy atom. The van der Waals surface area contributed by atoms with E-state index in [1.165, 1.54) is 11.5 Å². The number of hydrazine groups is 1. The number of rotatable bonds is 2. The van der Waals surface area contributed by atoms with E-state index in [2.05, 4.69) is 5.10 Å². The van der Waals surface area contributed by atoms with Gasteiger partial charge in [0.2, 0.25) is 0 Å². The predicted octanol–water partition coefficient (Wildman–Crippen LogP) is 2.65. The van der Waals surface area contributed by atoms with Crippen molar-refractivity contribution in [3.63, 3.8) is 0 Å². The first kappa shape index (κ1) is 15.8. The summed E-state index contributed by atoms with van der Waals surface area (Å²) in [6, 6.07) is 0. The lowest BCUT2D eigenvalue weighted by Gasteiger charge is -2.38. The van der Waals surface area contributed by atoms with Gasteiger partial charge in [0.15, 0.2) is 0 Å². The SMILES string of the molecule is CN1C=NN(N2CC=C(N3C=CC=CC3Cl)C=C2C(F)(F)F)C1. The minimum absolute atomic E-state index is 0.0590. The van der Waals surface area contributed by atoms with Gasteiger partial charge in [-0.05, 0) is 24.3 Å². The standard InChI is InChI=1S/C14H15ClF3N5/c1-20-9-19-23(10-20)22-7-5-11(8-12(22)14(16,17)18)21-6-3-2-4-13(21)15/h2-6,8-9,13H,7,10H2,1H3. The lowest BCUT2D eigenvalue weighted by Crippen LogP contribution is -2.45. The predicted molar refractivity (Wildman–Crippen MR) is 81.6 cm³/mol. The van der Waals surface area contributed by atoms with Gasteiger partial charge in [0.25, 0.3) is 0 Å². The molecule has 1 unspecified atom stereocenters. The van der Waals surface area contributed by atoms with Crippen LogP contribution in [0.1, 0.15) is 0 Å². The van der Waals surface area contributed by atoms with Gasteiger partial charge < -0.3 is 9.80 Å². The second-order valence-electron chi connectivity index (χ2n) is 5.25. The third-order valence-electron chi connectivity index (χ3n) is 3.53. The van der Waals surface area contributed by atoms with Crippen LogP contribution in [0.15, 0.2) is 53.1 Å². The number of alkyl halides is 4. The molecule has 0 aromatic rings. The Labute approximate surface area is 136 Å². The summed E-state index contributed by atoms with van der Waals surface area (Å²) in [5.41, 5.74) is -0.876. The molecule has 0 aromatic heterocycles. The van der Waals surface area contributed by atoms with E-state index >= 15 is 0 Å². The summed E-state index contributed by atoms with van der Waals surface area (Å²) in [6.45, 7) is 0.324. The highest BCUT2D eigenvalue weighted by molar-refractivity contribution is 6.21. The van der Waals surface area contributed by atoms with Gasteiger partial charge >= 0.3 is 6.18 Å². The van der Waals surface area contributed by atoms with Gasteiger partial charge in [-0.1, -0.05) is 17.7 Å². The summed E-state index contributed by atoms with van der Waals surface area (Å²) in [5, 5.41) is 6.38. The Morgan fingerprint density at radius 3 is 2.70 bits per heavy atom. The average molecular weight is 346 g/mol. The first-order valence-corrected chi connectivity index (χ1v) is 7.36. The van der Waals surface area contributed by atoms with E-state index in [0.717, 1.165) is 11.1 Å². The molecule has 0 radical (unpaired) electrons. The topological polar surface area (TPSA) is 25.3 Å². The van der Waals surface area contributed by atoms with Crippen LogP contribution < -0.4 is 0 Å². The molecule has 0 bridgehead atoms. The van der Waals surface area contributed by atoms with Crippen LogP contribution in [0.5, 0.6) is 0 Å². The maximum Gasteiger partial charge on any atom is 0.433 e. The van der Waals surface area contributed by atoms with Crippen molar-refractivity contribution >= 4 is 17.9 Å². The lowest BCUT2D eigenvalue weighted by molar-refractivity contribution is -0.140. The first-order chi connectivity index (χ1) is 10.9. The molecule has 3 aliphatic rings. The normalized spacial score (nSPS) is 24.5. The van der Waals surface area contributed by atoms with Crippen molar-refractivity contribution in [2.75, 3.05) is 20.3 Å². The molecule has 23 heavy (non-hydrogen) atoms. The van der Waals surface area contributed by atoms with Crippen LogP contribution >= 0.6 is 11.6 Å². The second-order valence-corrected chi connectivity index (χ2v) is 5.69. The Bertz CT molecular complexity index is 622. The summed E-state index contributed by atoms with van der Waals surface area (Å²) in [6.07, 6.45) is 6.63. The number of hydrazone groups is 1. The third-order valence-corrected chi connectivity index (χ3v) is 3.88. The van der Waals surface area contributed by atoms with Gasteiger partial charge in [-0.2, -0.15) is 18.3 Å². The fourth-order valence-corrected chi connectivity index (χ4v) is 2.70. The van der Waals surface area contributed by atoms with Crippen LogP contribution in [0.2, 0.25) is 0 Å². The minimum Gasteiger partial charge on any atom is -0.343 e. The van der Waals surface area contributed by atoms with Gasteiger partial charge in [-0.25, -0.2) is 0 Å². The van der Waals surface area contributed by atoms with E-state index in [1.807, 2.05) is 0 Å². The molecule has 0 aliphatic carbocycles. The summed E-state index contributed by atoms with van der Waals surface area (Å²) in [4.78, 5) is 3.28. The molecule has 0 amide bonds. The summed E-state index contributed by atoms with van der Waals surface area (Å²) < 4.78 is 40.4. The largest absolute Gasteiger partial charge is 0.433 e. The van der Waals surface area contributed by atoms with Crippen molar-refractivity contribution in [3.05, 3.63) is 48.0 Å². The highest BCUT2D eigenvalue weighted by Crippen LogP contribution is 2.35. The van der Waals surface area contributed by atoms with Gasteiger partial charge in [-0.15, -0.1) is 5.10 Å². The van der Waals surface area contributed by atoms with Crippen LogP contribution in [-0.4, -0.2) is 58.2 Å². The molecule has 0 N–H and O–H groups in total. The Hall–Kier alpha value is -2.09. The lowest BCUT2D eigenvalue weighted by atomic mass is 10.2. The van der Waals surface area contributed by atoms with Gasteiger partial charge in [0.1, 0.15) is 24.2 Å². The van der Waals surface area contributed by atoms with E-state index in [0.29, 0.717) is 5.70 Å². The van der Waals surface area contributed by atoms with Crippen molar-refractivity contribution in [2.24, 2.45) is 5.10 Å². The number of nitrogens with zero attached hydrogens (tertiary/aromatic N) is 5. The molecule has 1 atom stereocenters. The molecule has 0 spiro atoms. The van der Waals surface area contributed by atoms with Gasteiger partial charge in [-0.3, -0.25) is 5.01 Å². The van der Waals surface area contributed by atoms with Crippen LogP contribution in [0.3, 0.4) is 0 Å². The number of hydrogen-bond acceptors (Lipinski definition) is 5. The molecule has 0 aromatic carbocycles. The minimum atomic E-state index is -4.49. The van der Waals surface area contributed by atoms with Gasteiger partial charge in [0, 0.05) is 18.9 Å². The molecule has 3 aliphatic heterocycles. The molecule has 3 heterocycles. The maximum absolute atomic E-state index is 13.5. The van der Waals surface area contributed by atoms with Gasteiger partial charge in [0.05, 0.1) is 6.54 Å². The molecule has 0 fully saturated rings.